The average Bonchev–Trinajstić information content (AvgIpc) is 3.69. The van der Waals surface area contributed by atoms with Gasteiger partial charge in [0.25, 0.3) is 5.91 Å². The normalized spacial score (nSPS) is 14.4. The van der Waals surface area contributed by atoms with E-state index in [1.54, 1.807) is 44.4 Å². The van der Waals surface area contributed by atoms with Gasteiger partial charge in [0, 0.05) is 17.8 Å². The predicted octanol–water partition coefficient (Wildman–Crippen LogP) is 4.18. The Labute approximate surface area is 220 Å². The Hall–Kier alpha value is -4.34. The summed E-state index contributed by atoms with van der Waals surface area (Å²) in [7, 11) is 3.06. The molecule has 2 heterocycles. The van der Waals surface area contributed by atoms with Gasteiger partial charge in [-0.05, 0) is 56.2 Å². The largest absolute Gasteiger partial charge is 0.493 e. The number of nitrogens with zero attached hydrogens (tertiary/aromatic N) is 4. The van der Waals surface area contributed by atoms with E-state index in [-0.39, 0.29) is 24.4 Å². The number of methoxy groups -OCH3 is 2. The molecular formula is C28H31N5O5. The molecule has 0 bridgehead atoms. The summed E-state index contributed by atoms with van der Waals surface area (Å²) >= 11 is 0. The van der Waals surface area contributed by atoms with Gasteiger partial charge in [-0.2, -0.15) is 0 Å². The minimum atomic E-state index is -1.05. The van der Waals surface area contributed by atoms with E-state index in [9.17, 15) is 9.59 Å². The van der Waals surface area contributed by atoms with Crippen LogP contribution < -0.4 is 19.7 Å². The molecule has 2 aromatic heterocycles. The Morgan fingerprint density at radius 1 is 1.08 bits per heavy atom. The van der Waals surface area contributed by atoms with Crippen LogP contribution in [0, 0.1) is 6.92 Å². The molecule has 1 fully saturated rings. The van der Waals surface area contributed by atoms with E-state index in [2.05, 4.69) is 15.6 Å². The van der Waals surface area contributed by atoms with Crippen molar-refractivity contribution in [2.75, 3.05) is 19.1 Å². The standard InChI is InChI=1S/C28H31N5O5/c1-18-12-14-24(38-18)27(28(35)29-19-8-4-5-9-19)33(20-13-15-23(36-2)25(16-20)37-3)26(34)17-32-22-11-7-6-10-21(22)30-31-32/h6-7,10-16,19,27H,4-5,8-9,17H2,1-3H3,(H,29,35)/t27-/m1/s1. The first-order chi connectivity index (χ1) is 18.5. The molecule has 0 spiro atoms. The summed E-state index contributed by atoms with van der Waals surface area (Å²) in [6, 6.07) is 15.1. The Morgan fingerprint density at radius 2 is 1.84 bits per heavy atom. The lowest BCUT2D eigenvalue weighted by Gasteiger charge is -2.31. The highest BCUT2D eigenvalue weighted by Gasteiger charge is 2.37. The highest BCUT2D eigenvalue weighted by molar-refractivity contribution is 6.01. The maximum atomic E-state index is 14.1. The number of carbonyl (C=O) groups is 2. The molecule has 1 N–H and O–H groups in total. The second-order valence-electron chi connectivity index (χ2n) is 9.38. The van der Waals surface area contributed by atoms with Crippen molar-refractivity contribution >= 4 is 28.5 Å². The number of hydrogen-bond acceptors (Lipinski definition) is 7. The Morgan fingerprint density at radius 3 is 2.55 bits per heavy atom. The zero-order chi connectivity index (χ0) is 26.6. The minimum absolute atomic E-state index is 0.0580. The van der Waals surface area contributed by atoms with Gasteiger partial charge in [0.05, 0.1) is 19.7 Å². The molecule has 1 aliphatic rings. The average molecular weight is 518 g/mol. The number of aryl methyl sites for hydroxylation is 1. The van der Waals surface area contributed by atoms with Gasteiger partial charge >= 0.3 is 0 Å². The van der Waals surface area contributed by atoms with Crippen LogP contribution in [0.5, 0.6) is 11.5 Å². The zero-order valence-corrected chi connectivity index (χ0v) is 21.7. The molecule has 0 radical (unpaired) electrons. The van der Waals surface area contributed by atoms with E-state index in [1.807, 2.05) is 24.3 Å². The number of aromatic nitrogens is 3. The SMILES string of the molecule is COc1ccc(N(C(=O)Cn2nnc3ccccc32)[C@@H](C(=O)NC2CCCC2)c2ccc(C)o2)cc1OC. The molecule has 4 aromatic rings. The lowest BCUT2D eigenvalue weighted by atomic mass is 10.1. The van der Waals surface area contributed by atoms with Gasteiger partial charge in [-0.25, -0.2) is 4.68 Å². The Kier molecular flexibility index (Phi) is 7.30. The van der Waals surface area contributed by atoms with Crippen LogP contribution in [0.15, 0.2) is 59.0 Å². The van der Waals surface area contributed by atoms with E-state index in [0.717, 1.165) is 25.7 Å². The van der Waals surface area contributed by atoms with Crippen molar-refractivity contribution in [2.24, 2.45) is 0 Å². The number of rotatable bonds is 9. The topological polar surface area (TPSA) is 112 Å². The molecule has 1 saturated carbocycles. The molecule has 38 heavy (non-hydrogen) atoms. The van der Waals surface area contributed by atoms with Crippen molar-refractivity contribution in [3.63, 3.8) is 0 Å². The third-order valence-electron chi connectivity index (χ3n) is 6.86. The van der Waals surface area contributed by atoms with E-state index >= 15 is 0 Å². The fourth-order valence-corrected chi connectivity index (χ4v) is 4.97. The molecule has 10 heteroatoms. The fourth-order valence-electron chi connectivity index (χ4n) is 4.97. The van der Waals surface area contributed by atoms with Crippen LogP contribution in [0.2, 0.25) is 0 Å². The highest BCUT2D eigenvalue weighted by Crippen LogP contribution is 2.36. The minimum Gasteiger partial charge on any atom is -0.493 e. The molecule has 0 aliphatic heterocycles. The monoisotopic (exact) mass is 517 g/mol. The lowest BCUT2D eigenvalue weighted by Crippen LogP contribution is -2.47. The van der Waals surface area contributed by atoms with Crippen molar-refractivity contribution in [1.29, 1.82) is 0 Å². The number of benzene rings is 2. The van der Waals surface area contributed by atoms with Crippen LogP contribution in [0.25, 0.3) is 11.0 Å². The summed E-state index contributed by atoms with van der Waals surface area (Å²) < 4.78 is 18.4. The van der Waals surface area contributed by atoms with Crippen LogP contribution in [-0.2, 0) is 16.1 Å². The summed E-state index contributed by atoms with van der Waals surface area (Å²) in [4.78, 5) is 29.4. The number of fused-ring (bicyclic) bond motifs is 1. The predicted molar refractivity (Wildman–Crippen MR) is 141 cm³/mol. The summed E-state index contributed by atoms with van der Waals surface area (Å²) in [5.41, 5.74) is 1.85. The van der Waals surface area contributed by atoms with Gasteiger partial charge < -0.3 is 19.2 Å². The van der Waals surface area contributed by atoms with Crippen LogP contribution in [0.1, 0.15) is 43.2 Å². The summed E-state index contributed by atoms with van der Waals surface area (Å²) in [6.45, 7) is 1.67. The molecule has 198 valence electrons. The van der Waals surface area contributed by atoms with E-state index in [0.29, 0.717) is 39.7 Å². The van der Waals surface area contributed by atoms with Crippen LogP contribution in [-0.4, -0.2) is 47.1 Å². The van der Waals surface area contributed by atoms with Crippen LogP contribution in [0.3, 0.4) is 0 Å². The number of nitrogens with one attached hydrogen (secondary N) is 1. The van der Waals surface area contributed by atoms with Crippen molar-refractivity contribution < 1.29 is 23.5 Å². The Bertz CT molecular complexity index is 1440. The van der Waals surface area contributed by atoms with Gasteiger partial charge in [-0.15, -0.1) is 5.10 Å². The molecule has 0 unspecified atom stereocenters. The number of furan rings is 1. The van der Waals surface area contributed by atoms with Gasteiger partial charge in [0.15, 0.2) is 17.5 Å². The van der Waals surface area contributed by atoms with E-state index in [1.165, 1.54) is 16.7 Å². The number of para-hydroxylation sites is 1. The highest BCUT2D eigenvalue weighted by atomic mass is 16.5. The van der Waals surface area contributed by atoms with E-state index in [4.69, 9.17) is 13.9 Å². The van der Waals surface area contributed by atoms with Crippen LogP contribution in [0.4, 0.5) is 5.69 Å². The maximum Gasteiger partial charge on any atom is 0.251 e. The first-order valence-electron chi connectivity index (χ1n) is 12.7. The number of amides is 2. The molecule has 1 aliphatic carbocycles. The van der Waals surface area contributed by atoms with Gasteiger partial charge in [-0.1, -0.05) is 30.2 Å². The molecule has 2 aromatic carbocycles. The Balaban J connectivity index is 1.59. The summed E-state index contributed by atoms with van der Waals surface area (Å²) in [5.74, 6) is 1.27. The summed E-state index contributed by atoms with van der Waals surface area (Å²) in [6.07, 6.45) is 3.94. The molecule has 10 nitrogen and oxygen atoms in total. The zero-order valence-electron chi connectivity index (χ0n) is 21.7. The van der Waals surface area contributed by atoms with E-state index < -0.39 is 6.04 Å². The first kappa shape index (κ1) is 25.3. The number of carbonyl (C=O) groups excluding carboxylic acids is 2. The van der Waals surface area contributed by atoms with Gasteiger partial charge in [0.1, 0.15) is 23.6 Å². The molecule has 2 amide bonds. The molecule has 5 rings (SSSR count). The third-order valence-corrected chi connectivity index (χ3v) is 6.86. The molecule has 1 atom stereocenters. The second-order valence-corrected chi connectivity index (χ2v) is 9.38. The third kappa shape index (κ3) is 5.06. The number of anilines is 1. The van der Waals surface area contributed by atoms with Gasteiger partial charge in [-0.3, -0.25) is 14.5 Å². The van der Waals surface area contributed by atoms with Crippen molar-refractivity contribution in [3.8, 4) is 11.5 Å². The first-order valence-corrected chi connectivity index (χ1v) is 12.7. The smallest absolute Gasteiger partial charge is 0.251 e. The summed E-state index contributed by atoms with van der Waals surface area (Å²) in [5, 5.41) is 11.5. The van der Waals surface area contributed by atoms with Gasteiger partial charge in [0.2, 0.25) is 5.91 Å². The fraction of sp³-hybridized carbons (Fsp3) is 0.357. The number of hydrogen-bond donors (Lipinski definition) is 1. The van der Waals surface area contributed by atoms with Crippen molar-refractivity contribution in [3.05, 3.63) is 66.1 Å². The number of ether oxygens (including phenoxy) is 2. The quantitative estimate of drug-likeness (QED) is 0.354. The van der Waals surface area contributed by atoms with Crippen molar-refractivity contribution in [1.82, 2.24) is 20.3 Å². The lowest BCUT2D eigenvalue weighted by molar-refractivity contribution is -0.127. The van der Waals surface area contributed by atoms with Crippen molar-refractivity contribution in [2.45, 2.75) is 51.2 Å². The van der Waals surface area contributed by atoms with Crippen LogP contribution >= 0.6 is 0 Å². The maximum absolute atomic E-state index is 14.1. The second kappa shape index (κ2) is 11.0. The molecule has 0 saturated heterocycles. The molecular weight excluding hydrogens is 486 g/mol.